The van der Waals surface area contributed by atoms with Gasteiger partial charge < -0.3 is 31.1 Å². The number of aryl methyl sites for hydroxylation is 1. The number of amides is 3. The van der Waals surface area contributed by atoms with Gasteiger partial charge in [0.05, 0.1) is 6.34 Å². The van der Waals surface area contributed by atoms with Crippen molar-refractivity contribution in [2.24, 2.45) is 11.5 Å². The first-order valence-electron chi connectivity index (χ1n) is 14.1. The van der Waals surface area contributed by atoms with Crippen molar-refractivity contribution in [2.75, 3.05) is 24.5 Å². The second kappa shape index (κ2) is 23.3. The second-order valence-electron chi connectivity index (χ2n) is 8.38. The van der Waals surface area contributed by atoms with E-state index in [0.717, 1.165) is 17.5 Å². The van der Waals surface area contributed by atoms with E-state index in [2.05, 4.69) is 16.4 Å². The smallest absolute Gasteiger partial charge is 0.255 e. The van der Waals surface area contributed by atoms with Gasteiger partial charge in [-0.05, 0) is 54.3 Å². The summed E-state index contributed by atoms with van der Waals surface area (Å²) >= 11 is 7.83. The zero-order valence-corrected chi connectivity index (χ0v) is 27.9. The molecule has 3 aromatic carbocycles. The average Bonchev–Trinajstić information content (AvgIpc) is 3.03. The fourth-order valence-corrected chi connectivity index (χ4v) is 4.56. The van der Waals surface area contributed by atoms with Gasteiger partial charge in [0.25, 0.3) is 11.8 Å². The maximum Gasteiger partial charge on any atom is 0.255 e. The van der Waals surface area contributed by atoms with Gasteiger partial charge in [-0.2, -0.15) is 0 Å². The molecule has 0 unspecified atom stereocenters. The van der Waals surface area contributed by atoms with E-state index in [1.807, 2.05) is 81.4 Å². The first-order chi connectivity index (χ1) is 21.2. The molecule has 44 heavy (non-hydrogen) atoms. The summed E-state index contributed by atoms with van der Waals surface area (Å²) in [6.45, 7) is 9.89. The molecule has 12 heteroatoms. The Bertz CT molecular complexity index is 1310. The van der Waals surface area contributed by atoms with Crippen molar-refractivity contribution >= 4 is 53.3 Å². The molecule has 0 saturated carbocycles. The highest BCUT2D eigenvalue weighted by atomic mass is 35.5. The molecule has 0 heterocycles. The van der Waals surface area contributed by atoms with E-state index >= 15 is 0 Å². The van der Waals surface area contributed by atoms with Crippen molar-refractivity contribution in [1.82, 2.24) is 10.6 Å². The highest BCUT2D eigenvalue weighted by Gasteiger charge is 2.17. The van der Waals surface area contributed by atoms with Gasteiger partial charge in [-0.1, -0.05) is 81.8 Å². The van der Waals surface area contributed by atoms with Crippen LogP contribution >= 0.6 is 23.5 Å². The van der Waals surface area contributed by atoms with Crippen LogP contribution in [0.15, 0.2) is 66.7 Å². The molecule has 0 aromatic heterocycles. The summed E-state index contributed by atoms with van der Waals surface area (Å²) in [6.07, 6.45) is 0.750. The van der Waals surface area contributed by atoms with Crippen molar-refractivity contribution in [2.45, 2.75) is 46.9 Å². The van der Waals surface area contributed by atoms with E-state index in [1.54, 1.807) is 31.3 Å². The van der Waals surface area contributed by atoms with Gasteiger partial charge in [-0.25, -0.2) is 0 Å². The highest BCUT2D eigenvalue weighted by molar-refractivity contribution is 7.99. The Morgan fingerprint density at radius 1 is 1.02 bits per heavy atom. The lowest BCUT2D eigenvalue weighted by atomic mass is 10.1. The molecule has 0 atom stereocenters. The zero-order valence-electron chi connectivity index (χ0n) is 26.3. The molecule has 0 aliphatic rings. The molecular formula is C32H45ClN6O4S. The maximum atomic E-state index is 13.1. The van der Waals surface area contributed by atoms with Crippen LogP contribution in [0.2, 0.25) is 5.02 Å². The fourth-order valence-electron chi connectivity index (χ4n) is 3.37. The van der Waals surface area contributed by atoms with Crippen LogP contribution in [0.4, 0.5) is 5.69 Å². The van der Waals surface area contributed by atoms with Crippen molar-refractivity contribution in [3.05, 3.63) is 94.0 Å². The number of carbonyl (C=O) groups is 3. The molecular weight excluding hydrogens is 600 g/mol. The summed E-state index contributed by atoms with van der Waals surface area (Å²) in [5.41, 5.74) is 13.3. The Morgan fingerprint density at radius 3 is 2.25 bits per heavy atom. The molecule has 0 bridgehead atoms. The number of hydrogen-bond donors (Lipinski definition) is 5. The maximum absolute atomic E-state index is 13.1. The fraction of sp³-hybridized carbons (Fsp3) is 0.312. The Kier molecular flexibility index (Phi) is 21.0. The Morgan fingerprint density at radius 2 is 1.66 bits per heavy atom. The quantitative estimate of drug-likeness (QED) is 0.0994. The summed E-state index contributed by atoms with van der Waals surface area (Å²) in [5.74, 6) is -0.00484. The number of primary amides is 1. The largest absolute Gasteiger partial charge is 0.483 e. The average molecular weight is 645 g/mol. The van der Waals surface area contributed by atoms with Gasteiger partial charge in [-0.15, -0.1) is 0 Å². The Hall–Kier alpha value is -4.22. The lowest BCUT2D eigenvalue weighted by Crippen LogP contribution is -2.32. The van der Waals surface area contributed by atoms with Crippen molar-refractivity contribution in [3.63, 3.8) is 0 Å². The number of nitrogens with one attached hydrogen (secondary N) is 3. The number of nitrogens with zero attached hydrogens (tertiary/aromatic N) is 1. The number of benzene rings is 3. The number of ether oxygens (including phenoxy) is 1. The minimum atomic E-state index is -0.589. The number of likely N-dealkylation sites (N-methyl/N-ethyl adjacent to an activating group) is 1. The van der Waals surface area contributed by atoms with E-state index in [0.29, 0.717) is 33.3 Å². The lowest BCUT2D eigenvalue weighted by molar-refractivity contribution is -0.120. The van der Waals surface area contributed by atoms with Gasteiger partial charge in [-0.3, -0.25) is 19.8 Å². The summed E-state index contributed by atoms with van der Waals surface area (Å²) < 4.78 is 7.31. The van der Waals surface area contributed by atoms with E-state index in [4.69, 9.17) is 27.5 Å². The van der Waals surface area contributed by atoms with Gasteiger partial charge in [0.2, 0.25) is 5.91 Å². The number of rotatable bonds is 12. The molecule has 0 radical (unpaired) electrons. The molecule has 3 rings (SSSR count). The zero-order chi connectivity index (χ0) is 33.5. The molecule has 0 saturated heterocycles. The third-order valence-corrected chi connectivity index (χ3v) is 6.59. The second-order valence-corrected chi connectivity index (χ2v) is 9.81. The standard InChI is InChI=1S/C27H29ClN4O4S.2C2H6.CH4N2/c1-18-8-9-20(24(10-18)36-16-25(29)33)14-31-27(35)21-11-22(28)13-23(12-21)32(15-26(34)30-2)37-17-19-6-4-3-5-7-19;2*1-2;2-1-3/h3-13H,14-17H2,1-2H3,(H2,29,33)(H,30,34)(H,31,35);2*1-2H3;1H,(H3,2,3). The molecule has 3 amide bonds. The van der Waals surface area contributed by atoms with Gasteiger partial charge in [0, 0.05) is 41.2 Å². The number of halogens is 1. The van der Waals surface area contributed by atoms with Crippen LogP contribution in [0.5, 0.6) is 5.75 Å². The topological polar surface area (TPSA) is 164 Å². The normalized spacial score (nSPS) is 9.34. The van der Waals surface area contributed by atoms with Crippen LogP contribution in [-0.4, -0.2) is 44.3 Å². The first kappa shape index (κ1) is 39.8. The van der Waals surface area contributed by atoms with Crippen LogP contribution in [0.25, 0.3) is 0 Å². The molecule has 10 nitrogen and oxygen atoms in total. The third-order valence-electron chi connectivity index (χ3n) is 5.26. The molecule has 0 spiro atoms. The van der Waals surface area contributed by atoms with Crippen LogP contribution in [0.3, 0.4) is 0 Å². The number of carbonyl (C=O) groups excluding carboxylic acids is 3. The van der Waals surface area contributed by atoms with Crippen LogP contribution in [0, 0.1) is 12.3 Å². The van der Waals surface area contributed by atoms with Crippen molar-refractivity contribution in [1.29, 1.82) is 5.41 Å². The highest BCUT2D eigenvalue weighted by Crippen LogP contribution is 2.29. The summed E-state index contributed by atoms with van der Waals surface area (Å²) in [5, 5.41) is 11.7. The van der Waals surface area contributed by atoms with Crippen molar-refractivity contribution in [3.8, 4) is 5.75 Å². The summed E-state index contributed by atoms with van der Waals surface area (Å²) in [4.78, 5) is 36.4. The van der Waals surface area contributed by atoms with Gasteiger partial charge in [0.1, 0.15) is 12.3 Å². The monoisotopic (exact) mass is 644 g/mol. The van der Waals surface area contributed by atoms with E-state index in [9.17, 15) is 14.4 Å². The van der Waals surface area contributed by atoms with Crippen LogP contribution < -0.4 is 31.1 Å². The van der Waals surface area contributed by atoms with E-state index < -0.39 is 5.91 Å². The predicted octanol–water partition coefficient (Wildman–Crippen LogP) is 5.45. The van der Waals surface area contributed by atoms with Gasteiger partial charge >= 0.3 is 0 Å². The van der Waals surface area contributed by atoms with Gasteiger partial charge in [0.15, 0.2) is 6.61 Å². The summed E-state index contributed by atoms with van der Waals surface area (Å²) in [7, 11) is 1.58. The molecule has 7 N–H and O–H groups in total. The van der Waals surface area contributed by atoms with Crippen LogP contribution in [0.1, 0.15) is 54.7 Å². The van der Waals surface area contributed by atoms with Crippen LogP contribution in [-0.2, 0) is 21.9 Å². The third kappa shape index (κ3) is 15.3. The van der Waals surface area contributed by atoms with E-state index in [-0.39, 0.29) is 31.5 Å². The lowest BCUT2D eigenvalue weighted by Gasteiger charge is -2.23. The minimum absolute atomic E-state index is 0.0827. The number of anilines is 1. The Labute approximate surface area is 270 Å². The predicted molar refractivity (Wildman–Crippen MR) is 183 cm³/mol. The van der Waals surface area contributed by atoms with Crippen molar-refractivity contribution < 1.29 is 19.1 Å². The number of nitrogens with two attached hydrogens (primary N) is 2. The molecule has 240 valence electrons. The minimum Gasteiger partial charge on any atom is -0.483 e. The molecule has 0 aliphatic heterocycles. The number of hydrogen-bond acceptors (Lipinski definition) is 7. The summed E-state index contributed by atoms with van der Waals surface area (Å²) in [6, 6.07) is 20.3. The Balaban J connectivity index is 0.00000244. The molecule has 0 fully saturated rings. The van der Waals surface area contributed by atoms with E-state index in [1.165, 1.54) is 11.9 Å². The molecule has 0 aliphatic carbocycles. The first-order valence-corrected chi connectivity index (χ1v) is 15.4. The SMILES string of the molecule is CC.CC.CNC(=O)CN(SCc1ccccc1)c1cc(Cl)cc(C(=O)NCc2ccc(C)cc2OCC(N)=O)c1.N=CN. The molecule has 3 aromatic rings.